The van der Waals surface area contributed by atoms with E-state index in [4.69, 9.17) is 10.8 Å². The van der Waals surface area contributed by atoms with Crippen LogP contribution in [0.3, 0.4) is 0 Å². The number of aliphatic hydroxyl groups excluding tert-OH is 1. The molecule has 0 radical (unpaired) electrons. The van der Waals surface area contributed by atoms with Gasteiger partial charge in [-0.15, -0.1) is 0 Å². The van der Waals surface area contributed by atoms with E-state index in [1.165, 1.54) is 0 Å². The second kappa shape index (κ2) is 5.49. The average Bonchev–Trinajstić information content (AvgIpc) is 2.23. The Morgan fingerprint density at radius 2 is 2.20 bits per heavy atom. The normalized spacial score (nSPS) is 13.1. The van der Waals surface area contributed by atoms with Crippen LogP contribution >= 0.6 is 15.9 Å². The molecule has 1 unspecified atom stereocenters. The van der Waals surface area contributed by atoms with E-state index in [-0.39, 0.29) is 12.6 Å². The van der Waals surface area contributed by atoms with Gasteiger partial charge in [0.1, 0.15) is 0 Å². The minimum atomic E-state index is 0.151. The predicted octanol–water partition coefficient (Wildman–Crippen LogP) is 1.84. The molecule has 0 spiro atoms. The summed E-state index contributed by atoms with van der Waals surface area (Å²) in [5, 5.41) is 9.03. The lowest BCUT2D eigenvalue weighted by atomic mass is 10.2. The first kappa shape index (κ1) is 12.5. The second-order valence-corrected chi connectivity index (χ2v) is 4.56. The Kier molecular flexibility index (Phi) is 4.57. The lowest BCUT2D eigenvalue weighted by molar-refractivity contribution is 0.154. The van der Waals surface area contributed by atoms with E-state index >= 15 is 0 Å². The molecule has 0 amide bonds. The molecule has 3 N–H and O–H groups in total. The van der Waals surface area contributed by atoms with Crippen LogP contribution in [-0.4, -0.2) is 29.7 Å². The number of rotatable bonds is 4. The number of nitrogen functional groups attached to an aromatic ring is 1. The molecular weight excluding hydrogens is 256 g/mol. The van der Waals surface area contributed by atoms with Gasteiger partial charge in [0.25, 0.3) is 0 Å². The molecule has 0 saturated carbocycles. The van der Waals surface area contributed by atoms with E-state index in [1.807, 2.05) is 32.2 Å². The number of benzene rings is 1. The highest BCUT2D eigenvalue weighted by Crippen LogP contribution is 2.24. The van der Waals surface area contributed by atoms with Gasteiger partial charge in [-0.3, -0.25) is 4.90 Å². The molecular formula is C11H17BrN2O. The molecule has 0 aliphatic heterocycles. The number of aliphatic hydroxyl groups is 1. The van der Waals surface area contributed by atoms with E-state index in [2.05, 4.69) is 20.8 Å². The molecule has 1 aromatic carbocycles. The molecule has 1 aromatic rings. The van der Waals surface area contributed by atoms with Crippen molar-refractivity contribution in [1.82, 2.24) is 4.90 Å². The molecule has 0 aromatic heterocycles. The van der Waals surface area contributed by atoms with Crippen molar-refractivity contribution in [2.24, 2.45) is 0 Å². The predicted molar refractivity (Wildman–Crippen MR) is 66.6 cm³/mol. The summed E-state index contributed by atoms with van der Waals surface area (Å²) >= 11 is 3.47. The molecule has 0 aliphatic rings. The average molecular weight is 273 g/mol. The highest BCUT2D eigenvalue weighted by Gasteiger charge is 2.10. The molecule has 0 bridgehead atoms. The van der Waals surface area contributed by atoms with Crippen molar-refractivity contribution >= 4 is 21.6 Å². The van der Waals surface area contributed by atoms with Crippen molar-refractivity contribution in [3.05, 3.63) is 28.2 Å². The maximum absolute atomic E-state index is 9.03. The van der Waals surface area contributed by atoms with Crippen molar-refractivity contribution < 1.29 is 5.11 Å². The third-order valence-electron chi connectivity index (χ3n) is 2.54. The minimum absolute atomic E-state index is 0.151. The number of nitrogens with zero attached hydrogens (tertiary/aromatic N) is 1. The number of hydrogen-bond donors (Lipinski definition) is 2. The van der Waals surface area contributed by atoms with E-state index in [0.717, 1.165) is 22.3 Å². The van der Waals surface area contributed by atoms with E-state index < -0.39 is 0 Å². The fraction of sp³-hybridized carbons (Fsp3) is 0.455. The Balaban J connectivity index is 2.76. The monoisotopic (exact) mass is 272 g/mol. The SMILES string of the molecule is CC(CO)N(C)Cc1cccc(N)c1Br. The smallest absolute Gasteiger partial charge is 0.0584 e. The second-order valence-electron chi connectivity index (χ2n) is 3.77. The van der Waals surface area contributed by atoms with Gasteiger partial charge in [-0.25, -0.2) is 0 Å². The molecule has 0 aliphatic carbocycles. The number of halogens is 1. The van der Waals surface area contributed by atoms with Crippen LogP contribution < -0.4 is 5.73 Å². The third kappa shape index (κ3) is 3.19. The van der Waals surface area contributed by atoms with Crippen LogP contribution in [0.5, 0.6) is 0 Å². The fourth-order valence-electron chi connectivity index (χ4n) is 1.29. The number of likely N-dealkylation sites (N-methyl/N-ethyl adjacent to an activating group) is 1. The first-order valence-electron chi connectivity index (χ1n) is 4.90. The summed E-state index contributed by atoms with van der Waals surface area (Å²) in [6, 6.07) is 5.98. The summed E-state index contributed by atoms with van der Waals surface area (Å²) in [5.74, 6) is 0. The van der Waals surface area contributed by atoms with E-state index in [1.54, 1.807) is 0 Å². The van der Waals surface area contributed by atoms with Gasteiger partial charge in [-0.1, -0.05) is 12.1 Å². The molecule has 0 heterocycles. The van der Waals surface area contributed by atoms with Crippen LogP contribution in [0.25, 0.3) is 0 Å². The Morgan fingerprint density at radius 3 is 2.80 bits per heavy atom. The molecule has 84 valence electrons. The molecule has 1 atom stereocenters. The Labute approximate surface area is 99.0 Å². The lowest BCUT2D eigenvalue weighted by Gasteiger charge is -2.23. The Morgan fingerprint density at radius 1 is 1.53 bits per heavy atom. The summed E-state index contributed by atoms with van der Waals surface area (Å²) < 4.78 is 0.946. The van der Waals surface area contributed by atoms with Gasteiger partial charge in [-0.2, -0.15) is 0 Å². The van der Waals surface area contributed by atoms with Crippen molar-refractivity contribution in [1.29, 1.82) is 0 Å². The number of hydrogen-bond acceptors (Lipinski definition) is 3. The van der Waals surface area contributed by atoms with E-state index in [0.29, 0.717) is 0 Å². The molecule has 1 rings (SSSR count). The van der Waals surface area contributed by atoms with Gasteiger partial charge in [0.2, 0.25) is 0 Å². The molecule has 0 saturated heterocycles. The van der Waals surface area contributed by atoms with Crippen LogP contribution in [-0.2, 0) is 6.54 Å². The fourth-order valence-corrected chi connectivity index (χ4v) is 1.68. The summed E-state index contributed by atoms with van der Waals surface area (Å²) in [6.45, 7) is 2.92. The van der Waals surface area contributed by atoms with Gasteiger partial charge in [0.15, 0.2) is 0 Å². The molecule has 4 heteroatoms. The van der Waals surface area contributed by atoms with Crippen LogP contribution in [0.2, 0.25) is 0 Å². The molecule has 0 fully saturated rings. The zero-order valence-electron chi connectivity index (χ0n) is 9.07. The third-order valence-corrected chi connectivity index (χ3v) is 3.51. The van der Waals surface area contributed by atoms with Gasteiger partial charge >= 0.3 is 0 Å². The zero-order chi connectivity index (χ0) is 11.4. The van der Waals surface area contributed by atoms with Crippen molar-refractivity contribution in [2.75, 3.05) is 19.4 Å². The van der Waals surface area contributed by atoms with Crippen molar-refractivity contribution in [2.45, 2.75) is 19.5 Å². The first-order valence-corrected chi connectivity index (χ1v) is 5.69. The summed E-state index contributed by atoms with van der Waals surface area (Å²) in [5.41, 5.74) is 7.67. The zero-order valence-corrected chi connectivity index (χ0v) is 10.7. The molecule has 15 heavy (non-hydrogen) atoms. The first-order chi connectivity index (χ1) is 7.06. The standard InChI is InChI=1S/C11H17BrN2O/c1-8(7-15)14(2)6-9-4-3-5-10(13)11(9)12/h3-5,8,15H,6-7,13H2,1-2H3. The summed E-state index contributed by atoms with van der Waals surface area (Å²) in [7, 11) is 1.98. The lowest BCUT2D eigenvalue weighted by Crippen LogP contribution is -2.31. The topological polar surface area (TPSA) is 49.5 Å². The summed E-state index contributed by atoms with van der Waals surface area (Å²) in [6.07, 6.45) is 0. The van der Waals surface area contributed by atoms with Gasteiger partial charge in [0.05, 0.1) is 6.61 Å². The highest BCUT2D eigenvalue weighted by molar-refractivity contribution is 9.10. The molecule has 3 nitrogen and oxygen atoms in total. The largest absolute Gasteiger partial charge is 0.398 e. The minimum Gasteiger partial charge on any atom is -0.398 e. The summed E-state index contributed by atoms with van der Waals surface area (Å²) in [4.78, 5) is 2.08. The van der Waals surface area contributed by atoms with Crippen molar-refractivity contribution in [3.8, 4) is 0 Å². The maximum Gasteiger partial charge on any atom is 0.0584 e. The van der Waals surface area contributed by atoms with Crippen LogP contribution in [0, 0.1) is 0 Å². The number of anilines is 1. The highest BCUT2D eigenvalue weighted by atomic mass is 79.9. The van der Waals surface area contributed by atoms with Crippen LogP contribution in [0.15, 0.2) is 22.7 Å². The Bertz CT molecular complexity index is 330. The quantitative estimate of drug-likeness (QED) is 0.823. The number of nitrogens with two attached hydrogens (primary N) is 1. The van der Waals surface area contributed by atoms with Gasteiger partial charge in [0, 0.05) is 22.7 Å². The Hall–Kier alpha value is -0.580. The maximum atomic E-state index is 9.03. The van der Waals surface area contributed by atoms with E-state index in [9.17, 15) is 0 Å². The van der Waals surface area contributed by atoms with Gasteiger partial charge < -0.3 is 10.8 Å². The van der Waals surface area contributed by atoms with Crippen LogP contribution in [0.4, 0.5) is 5.69 Å². The van der Waals surface area contributed by atoms with Gasteiger partial charge in [-0.05, 0) is 41.5 Å². The van der Waals surface area contributed by atoms with Crippen molar-refractivity contribution in [3.63, 3.8) is 0 Å². The van der Waals surface area contributed by atoms with Crippen LogP contribution in [0.1, 0.15) is 12.5 Å².